The first-order valence-electron chi connectivity index (χ1n) is 4.83. The van der Waals surface area contributed by atoms with Gasteiger partial charge in [-0.05, 0) is 46.6 Å². The number of rotatable bonds is 4. The fraction of sp³-hybridized carbons (Fsp3) is 0.182. The summed E-state index contributed by atoms with van der Waals surface area (Å²) in [6.45, 7) is 2.03. The number of carbonyl (C=O) groups excluding carboxylic acids is 1. The zero-order valence-corrected chi connectivity index (χ0v) is 10.6. The lowest BCUT2D eigenvalue weighted by Gasteiger charge is -1.98. The van der Waals surface area contributed by atoms with Gasteiger partial charge in [-0.25, -0.2) is 4.79 Å². The Morgan fingerprint density at radius 3 is 2.82 bits per heavy atom. The molecule has 0 heterocycles. The third-order valence-corrected chi connectivity index (χ3v) is 2.50. The number of hydrogen-bond donors (Lipinski definition) is 0. The van der Waals surface area contributed by atoms with Gasteiger partial charge in [0.1, 0.15) is 0 Å². The number of nitrogens with zero attached hydrogens (tertiary/aromatic N) is 1. The molecule has 0 unspecified atom stereocenters. The maximum Gasteiger partial charge on any atom is 0.330 e. The van der Waals surface area contributed by atoms with Crippen LogP contribution in [0.3, 0.4) is 0 Å². The van der Waals surface area contributed by atoms with Crippen molar-refractivity contribution in [2.24, 2.45) is 0 Å². The molecule has 0 N–H and O–H groups in total. The molecule has 6 heteroatoms. The molecule has 0 saturated carbocycles. The van der Waals surface area contributed by atoms with Gasteiger partial charge >= 0.3 is 5.97 Å². The van der Waals surface area contributed by atoms with E-state index in [1.807, 2.05) is 0 Å². The number of nitro groups is 1. The van der Waals surface area contributed by atoms with Crippen molar-refractivity contribution in [2.75, 3.05) is 6.61 Å². The summed E-state index contributed by atoms with van der Waals surface area (Å²) in [5.74, 6) is -0.443. The molecule has 5 nitrogen and oxygen atoms in total. The van der Waals surface area contributed by atoms with Crippen molar-refractivity contribution >= 4 is 33.7 Å². The Morgan fingerprint density at radius 2 is 2.29 bits per heavy atom. The predicted octanol–water partition coefficient (Wildman–Crippen LogP) is 2.93. The molecule has 90 valence electrons. The van der Waals surface area contributed by atoms with E-state index in [0.717, 1.165) is 0 Å². The Hall–Kier alpha value is -1.69. The highest BCUT2D eigenvalue weighted by Crippen LogP contribution is 2.25. The average molecular weight is 300 g/mol. The number of esters is 1. The van der Waals surface area contributed by atoms with Gasteiger partial charge in [0.15, 0.2) is 0 Å². The maximum atomic E-state index is 11.0. The molecule has 0 bridgehead atoms. The van der Waals surface area contributed by atoms with E-state index >= 15 is 0 Å². The lowest BCUT2D eigenvalue weighted by atomic mass is 10.2. The van der Waals surface area contributed by atoms with Crippen LogP contribution >= 0.6 is 15.9 Å². The number of carbonyl (C=O) groups is 1. The summed E-state index contributed by atoms with van der Waals surface area (Å²) in [6.07, 6.45) is 2.81. The summed E-state index contributed by atoms with van der Waals surface area (Å²) in [6, 6.07) is 4.49. The molecular formula is C11H10BrNO4. The Labute approximate surface area is 106 Å². The Kier molecular flexibility index (Phi) is 4.84. The topological polar surface area (TPSA) is 69.4 Å². The molecule has 0 radical (unpaired) electrons. The van der Waals surface area contributed by atoms with Crippen molar-refractivity contribution in [1.82, 2.24) is 0 Å². The Balaban J connectivity index is 2.84. The van der Waals surface area contributed by atoms with Crippen LogP contribution in [0.15, 0.2) is 28.7 Å². The van der Waals surface area contributed by atoms with Crippen LogP contribution in [-0.4, -0.2) is 17.5 Å². The van der Waals surface area contributed by atoms with Crippen LogP contribution in [0.5, 0.6) is 0 Å². The summed E-state index contributed by atoms with van der Waals surface area (Å²) in [5, 5.41) is 10.6. The summed E-state index contributed by atoms with van der Waals surface area (Å²) >= 11 is 3.09. The number of hydrogen-bond acceptors (Lipinski definition) is 4. The molecule has 0 fully saturated rings. The molecule has 1 rings (SSSR count). The molecule has 17 heavy (non-hydrogen) atoms. The van der Waals surface area contributed by atoms with Crippen molar-refractivity contribution in [1.29, 1.82) is 0 Å². The van der Waals surface area contributed by atoms with Gasteiger partial charge in [0.2, 0.25) is 0 Å². The van der Waals surface area contributed by atoms with Gasteiger partial charge in [0.05, 0.1) is 16.0 Å². The lowest BCUT2D eigenvalue weighted by Crippen LogP contribution is -1.98. The number of halogens is 1. The molecule has 0 aliphatic heterocycles. The van der Waals surface area contributed by atoms with Gasteiger partial charge in [-0.2, -0.15) is 0 Å². The minimum Gasteiger partial charge on any atom is -0.463 e. The highest BCUT2D eigenvalue weighted by Gasteiger charge is 2.10. The molecule has 0 aliphatic rings. The van der Waals surface area contributed by atoms with Crippen LogP contribution in [0.2, 0.25) is 0 Å². The van der Waals surface area contributed by atoms with Gasteiger partial charge in [0, 0.05) is 12.1 Å². The summed E-state index contributed by atoms with van der Waals surface area (Å²) < 4.78 is 5.08. The van der Waals surface area contributed by atoms with Crippen molar-refractivity contribution in [3.8, 4) is 0 Å². The molecule has 0 saturated heterocycles. The van der Waals surface area contributed by atoms with Crippen molar-refractivity contribution in [3.63, 3.8) is 0 Å². The zero-order valence-electron chi connectivity index (χ0n) is 9.05. The first-order chi connectivity index (χ1) is 8.04. The predicted molar refractivity (Wildman–Crippen MR) is 66.5 cm³/mol. The standard InChI is InChI=1S/C11H10BrNO4/c1-2-17-11(14)6-4-8-3-5-10(13(15)16)9(12)7-8/h3-7H,2H2,1H3/b6-4+. The second-order valence-corrected chi connectivity index (χ2v) is 3.91. The second-order valence-electron chi connectivity index (χ2n) is 3.05. The fourth-order valence-corrected chi connectivity index (χ4v) is 1.67. The van der Waals surface area contributed by atoms with Crippen LogP contribution in [0, 0.1) is 10.1 Å². The van der Waals surface area contributed by atoms with E-state index in [1.165, 1.54) is 18.2 Å². The molecule has 0 amide bonds. The van der Waals surface area contributed by atoms with Crippen LogP contribution in [0.1, 0.15) is 12.5 Å². The van der Waals surface area contributed by atoms with Gasteiger partial charge in [0.25, 0.3) is 5.69 Å². The first-order valence-corrected chi connectivity index (χ1v) is 5.62. The molecular weight excluding hydrogens is 290 g/mol. The number of ether oxygens (including phenoxy) is 1. The molecule has 0 atom stereocenters. The summed E-state index contributed by atoms with van der Waals surface area (Å²) in [7, 11) is 0. The van der Waals surface area contributed by atoms with E-state index < -0.39 is 10.9 Å². The highest BCUT2D eigenvalue weighted by molar-refractivity contribution is 9.10. The van der Waals surface area contributed by atoms with E-state index in [9.17, 15) is 14.9 Å². The van der Waals surface area contributed by atoms with E-state index in [4.69, 9.17) is 4.74 Å². The second kappa shape index (κ2) is 6.15. The molecule has 0 aliphatic carbocycles. The van der Waals surface area contributed by atoms with E-state index in [0.29, 0.717) is 16.6 Å². The van der Waals surface area contributed by atoms with Crippen LogP contribution < -0.4 is 0 Å². The van der Waals surface area contributed by atoms with Gasteiger partial charge in [-0.1, -0.05) is 0 Å². The van der Waals surface area contributed by atoms with E-state index in [1.54, 1.807) is 19.1 Å². The zero-order chi connectivity index (χ0) is 12.8. The van der Waals surface area contributed by atoms with Crippen LogP contribution in [-0.2, 0) is 9.53 Å². The Bertz CT molecular complexity index is 471. The van der Waals surface area contributed by atoms with E-state index in [2.05, 4.69) is 15.9 Å². The van der Waals surface area contributed by atoms with Crippen LogP contribution in [0.4, 0.5) is 5.69 Å². The summed E-state index contributed by atoms with van der Waals surface area (Å²) in [4.78, 5) is 21.1. The van der Waals surface area contributed by atoms with Crippen molar-refractivity contribution in [3.05, 3.63) is 44.4 Å². The molecule has 1 aromatic rings. The Morgan fingerprint density at radius 1 is 1.59 bits per heavy atom. The maximum absolute atomic E-state index is 11.0. The van der Waals surface area contributed by atoms with Gasteiger partial charge in [-0.3, -0.25) is 10.1 Å². The summed E-state index contributed by atoms with van der Waals surface area (Å²) in [5.41, 5.74) is 0.661. The lowest BCUT2D eigenvalue weighted by molar-refractivity contribution is -0.385. The quantitative estimate of drug-likeness (QED) is 0.371. The fourth-order valence-electron chi connectivity index (χ4n) is 1.13. The van der Waals surface area contributed by atoms with Crippen molar-refractivity contribution < 1.29 is 14.5 Å². The smallest absolute Gasteiger partial charge is 0.330 e. The molecule has 0 aromatic heterocycles. The highest BCUT2D eigenvalue weighted by atomic mass is 79.9. The van der Waals surface area contributed by atoms with E-state index in [-0.39, 0.29) is 5.69 Å². The monoisotopic (exact) mass is 299 g/mol. The molecule has 1 aromatic carbocycles. The normalized spacial score (nSPS) is 10.5. The number of benzene rings is 1. The largest absolute Gasteiger partial charge is 0.463 e. The first kappa shape index (κ1) is 13.4. The molecule has 0 spiro atoms. The van der Waals surface area contributed by atoms with Crippen molar-refractivity contribution in [2.45, 2.75) is 6.92 Å². The third-order valence-electron chi connectivity index (χ3n) is 1.87. The number of nitro benzene ring substituents is 1. The minimum absolute atomic E-state index is 0.0155. The van der Waals surface area contributed by atoms with Gasteiger partial charge in [-0.15, -0.1) is 0 Å². The van der Waals surface area contributed by atoms with Crippen LogP contribution in [0.25, 0.3) is 6.08 Å². The van der Waals surface area contributed by atoms with Gasteiger partial charge < -0.3 is 4.74 Å². The third kappa shape index (κ3) is 3.99. The minimum atomic E-state index is -0.483. The SMILES string of the molecule is CCOC(=O)/C=C/c1ccc([N+](=O)[O-])c(Br)c1. The average Bonchev–Trinajstić information content (AvgIpc) is 2.26.